The van der Waals surface area contributed by atoms with Crippen molar-refractivity contribution >= 4 is 14.0 Å². The summed E-state index contributed by atoms with van der Waals surface area (Å²) in [6, 6.07) is 4.34. The van der Waals surface area contributed by atoms with E-state index in [-0.39, 0.29) is 10.6 Å². The lowest BCUT2D eigenvalue weighted by Crippen LogP contribution is -2.54. The number of methoxy groups -OCH3 is 1. The highest BCUT2D eigenvalue weighted by Gasteiger charge is 2.55. The summed E-state index contributed by atoms with van der Waals surface area (Å²) in [5, 5.41) is 0.238. The van der Waals surface area contributed by atoms with Crippen molar-refractivity contribution in [3.8, 4) is 0 Å². The van der Waals surface area contributed by atoms with Gasteiger partial charge in [0, 0.05) is 19.4 Å². The van der Waals surface area contributed by atoms with Crippen LogP contribution in [-0.2, 0) is 20.3 Å². The molecule has 0 spiro atoms. The summed E-state index contributed by atoms with van der Waals surface area (Å²) in [4.78, 5) is 0. The molecule has 30 heavy (non-hydrogen) atoms. The molecule has 1 saturated carbocycles. The number of benzene rings is 1. The molecule has 2 N–H and O–H groups in total. The third-order valence-corrected chi connectivity index (χ3v) is 12.9. The number of hydrogen-bond acceptors (Lipinski definition) is 4. The van der Waals surface area contributed by atoms with Crippen molar-refractivity contribution in [2.45, 2.75) is 84.0 Å². The van der Waals surface area contributed by atoms with Crippen molar-refractivity contribution in [3.05, 3.63) is 28.8 Å². The Morgan fingerprint density at radius 1 is 1.13 bits per heavy atom. The lowest BCUT2D eigenvalue weighted by molar-refractivity contribution is -0.173. The Hall–Kier alpha value is -0.883. The Bertz CT molecular complexity index is 768. The van der Waals surface area contributed by atoms with Crippen LogP contribution >= 0.6 is 0 Å². The summed E-state index contributed by atoms with van der Waals surface area (Å²) in [5.41, 5.74) is 11.2. The van der Waals surface area contributed by atoms with Gasteiger partial charge in [-0.1, -0.05) is 26.8 Å². The van der Waals surface area contributed by atoms with E-state index in [0.717, 1.165) is 18.7 Å². The average molecular weight is 434 g/mol. The second-order valence-corrected chi connectivity index (χ2v) is 16.4. The van der Waals surface area contributed by atoms with Gasteiger partial charge in [-0.2, -0.15) is 0 Å². The molecular formula is C25H43NO3Si. The minimum Gasteiger partial charge on any atom is -0.417 e. The molecule has 5 heteroatoms. The van der Waals surface area contributed by atoms with E-state index >= 15 is 0 Å². The molecule has 1 aromatic carbocycles. The summed E-state index contributed by atoms with van der Waals surface area (Å²) in [6.45, 7) is 19.5. The van der Waals surface area contributed by atoms with E-state index in [9.17, 15) is 0 Å². The number of ether oxygens (including phenoxy) is 2. The number of hydrogen-bond donors (Lipinski definition) is 1. The lowest BCUT2D eigenvalue weighted by Gasteiger charge is -2.58. The number of rotatable bonds is 7. The zero-order chi connectivity index (χ0) is 22.5. The van der Waals surface area contributed by atoms with Gasteiger partial charge in [-0.15, -0.1) is 0 Å². The van der Waals surface area contributed by atoms with Crippen LogP contribution < -0.4 is 5.73 Å². The minimum atomic E-state index is -1.76. The van der Waals surface area contributed by atoms with Gasteiger partial charge >= 0.3 is 0 Å². The van der Waals surface area contributed by atoms with Gasteiger partial charge in [0.25, 0.3) is 0 Å². The molecule has 0 aliphatic heterocycles. The summed E-state index contributed by atoms with van der Waals surface area (Å²) in [5.74, 6) is 2.15. The molecule has 170 valence electrons. The van der Waals surface area contributed by atoms with E-state index in [2.05, 4.69) is 66.8 Å². The van der Waals surface area contributed by atoms with Crippen LogP contribution in [0.1, 0.15) is 63.6 Å². The van der Waals surface area contributed by atoms with Crippen LogP contribution in [0, 0.1) is 24.7 Å². The van der Waals surface area contributed by atoms with Gasteiger partial charge in [-0.05, 0) is 98.2 Å². The molecule has 4 atom stereocenters. The Labute approximate surface area is 185 Å². The highest BCUT2D eigenvalue weighted by Crippen LogP contribution is 2.60. The summed E-state index contributed by atoms with van der Waals surface area (Å²) < 4.78 is 18.1. The minimum absolute atomic E-state index is 0.229. The van der Waals surface area contributed by atoms with Crippen LogP contribution in [-0.4, -0.2) is 34.4 Å². The van der Waals surface area contributed by atoms with Gasteiger partial charge in [-0.25, -0.2) is 0 Å². The number of fused-ring (bicyclic) bond motifs is 3. The molecule has 2 aliphatic carbocycles. The summed E-state index contributed by atoms with van der Waals surface area (Å²) >= 11 is 0. The molecule has 0 radical (unpaired) electrons. The van der Waals surface area contributed by atoms with Crippen molar-refractivity contribution in [2.24, 2.45) is 17.8 Å². The highest BCUT2D eigenvalue weighted by atomic mass is 28.4. The standard InChI is InChI=1S/C25H43NO3Si/c1-16-21(26)11-10-17-12-18(14-29-30(8,9)24(2,3)4)19-13-20(23(19)22(16)17)25(5,6)28-15-27-7/h10-11,18-20,23H,12-15,26H2,1-9H3/t18-,19-,20+,23+/m1/s1. The van der Waals surface area contributed by atoms with Gasteiger partial charge in [0.1, 0.15) is 6.79 Å². The van der Waals surface area contributed by atoms with Crippen molar-refractivity contribution < 1.29 is 13.9 Å². The zero-order valence-electron chi connectivity index (χ0n) is 20.6. The monoisotopic (exact) mass is 433 g/mol. The molecule has 2 aliphatic rings. The third-order valence-electron chi connectivity index (χ3n) is 8.40. The van der Waals surface area contributed by atoms with E-state index < -0.39 is 8.32 Å². The summed E-state index contributed by atoms with van der Waals surface area (Å²) in [7, 11) is -0.0712. The van der Waals surface area contributed by atoms with E-state index in [4.69, 9.17) is 19.6 Å². The first-order valence-corrected chi connectivity index (χ1v) is 14.4. The molecule has 0 unspecified atom stereocenters. The second kappa shape index (κ2) is 8.23. The number of anilines is 1. The Kier molecular flexibility index (Phi) is 6.52. The predicted octanol–water partition coefficient (Wildman–Crippen LogP) is 5.89. The average Bonchev–Trinajstić information content (AvgIpc) is 2.61. The maximum Gasteiger partial charge on any atom is 0.191 e. The highest BCUT2D eigenvalue weighted by molar-refractivity contribution is 6.74. The van der Waals surface area contributed by atoms with E-state index in [1.165, 1.54) is 23.1 Å². The van der Waals surface area contributed by atoms with Crippen LogP contribution in [0.25, 0.3) is 0 Å². The van der Waals surface area contributed by atoms with Crippen LogP contribution in [0.2, 0.25) is 18.1 Å². The van der Waals surface area contributed by atoms with Crippen molar-refractivity contribution in [2.75, 3.05) is 26.2 Å². The molecule has 0 heterocycles. The molecule has 4 nitrogen and oxygen atoms in total. The smallest absolute Gasteiger partial charge is 0.191 e. The Morgan fingerprint density at radius 2 is 1.80 bits per heavy atom. The topological polar surface area (TPSA) is 53.7 Å². The van der Waals surface area contributed by atoms with E-state index in [0.29, 0.717) is 30.5 Å². The van der Waals surface area contributed by atoms with E-state index in [1.807, 2.05) is 0 Å². The number of nitrogen functional groups attached to an aromatic ring is 1. The first-order chi connectivity index (χ1) is 13.8. The quantitative estimate of drug-likeness (QED) is 0.331. The lowest BCUT2D eigenvalue weighted by atomic mass is 9.49. The fourth-order valence-corrected chi connectivity index (χ4v) is 6.28. The maximum atomic E-state index is 6.70. The van der Waals surface area contributed by atoms with Gasteiger partial charge in [0.05, 0.1) is 5.60 Å². The zero-order valence-corrected chi connectivity index (χ0v) is 21.6. The molecule has 1 fully saturated rings. The largest absolute Gasteiger partial charge is 0.417 e. The fourth-order valence-electron chi connectivity index (χ4n) is 5.22. The van der Waals surface area contributed by atoms with Crippen LogP contribution in [0.5, 0.6) is 0 Å². The van der Waals surface area contributed by atoms with Crippen molar-refractivity contribution in [1.82, 2.24) is 0 Å². The number of nitrogens with two attached hydrogens (primary N) is 1. The first kappa shape index (κ1) is 23.8. The van der Waals surface area contributed by atoms with Gasteiger partial charge in [-0.3, -0.25) is 0 Å². The van der Waals surface area contributed by atoms with Gasteiger partial charge < -0.3 is 19.6 Å². The normalized spacial score (nSPS) is 26.7. The first-order valence-electron chi connectivity index (χ1n) is 11.4. The van der Waals surface area contributed by atoms with Gasteiger partial charge in [0.2, 0.25) is 0 Å². The molecule has 0 bridgehead atoms. The SMILES string of the molecule is COCOC(C)(C)[C@H]1C[C@@H]2[C@@H](CO[Si](C)(C)C(C)(C)C)Cc3ccc(N)c(C)c3[C@@H]21. The molecule has 0 aromatic heterocycles. The van der Waals surface area contributed by atoms with Crippen LogP contribution in [0.3, 0.4) is 0 Å². The molecular weight excluding hydrogens is 390 g/mol. The molecule has 3 rings (SSSR count). The third kappa shape index (κ3) is 4.23. The van der Waals surface area contributed by atoms with E-state index in [1.54, 1.807) is 7.11 Å². The molecule has 0 amide bonds. The predicted molar refractivity (Wildman–Crippen MR) is 127 cm³/mol. The molecule has 0 saturated heterocycles. The Balaban J connectivity index is 1.89. The van der Waals surface area contributed by atoms with Crippen LogP contribution in [0.4, 0.5) is 5.69 Å². The molecule has 1 aromatic rings. The maximum absolute atomic E-state index is 6.70. The Morgan fingerprint density at radius 3 is 2.40 bits per heavy atom. The summed E-state index contributed by atoms with van der Waals surface area (Å²) in [6.07, 6.45) is 2.28. The van der Waals surface area contributed by atoms with Crippen LogP contribution in [0.15, 0.2) is 12.1 Å². The second-order valence-electron chi connectivity index (χ2n) is 11.6. The van der Waals surface area contributed by atoms with Crippen molar-refractivity contribution in [1.29, 1.82) is 0 Å². The van der Waals surface area contributed by atoms with Gasteiger partial charge in [0.15, 0.2) is 8.32 Å². The fraction of sp³-hybridized carbons (Fsp3) is 0.760. The van der Waals surface area contributed by atoms with Crippen molar-refractivity contribution in [3.63, 3.8) is 0 Å².